The van der Waals surface area contributed by atoms with Gasteiger partial charge in [0, 0.05) is 30.3 Å². The summed E-state index contributed by atoms with van der Waals surface area (Å²) in [4.78, 5) is 10.3. The van der Waals surface area contributed by atoms with Crippen LogP contribution in [0.3, 0.4) is 0 Å². The Morgan fingerprint density at radius 1 is 1.09 bits per heavy atom. The van der Waals surface area contributed by atoms with E-state index in [9.17, 15) is 0 Å². The maximum Gasteiger partial charge on any atom is 0.223 e. The van der Waals surface area contributed by atoms with Gasteiger partial charge in [-0.3, -0.25) is 0 Å². The molecule has 0 bridgehead atoms. The van der Waals surface area contributed by atoms with E-state index in [2.05, 4.69) is 20.9 Å². The number of nitrogen functional groups attached to an aromatic ring is 3. The molecule has 1 saturated heterocycles. The number of hydrogen-bond acceptors (Lipinski definition) is 7. The van der Waals surface area contributed by atoms with Crippen molar-refractivity contribution in [1.82, 2.24) is 9.97 Å². The summed E-state index contributed by atoms with van der Waals surface area (Å²) in [6.07, 6.45) is 0.918. The van der Waals surface area contributed by atoms with Crippen molar-refractivity contribution in [3.8, 4) is 6.07 Å². The van der Waals surface area contributed by atoms with Crippen LogP contribution in [0.4, 0.5) is 23.3 Å². The SMILES string of the molecule is N#Cc1ccc(N2CCC(c3c(N)nc(N)nc3N)C2)cc1. The van der Waals surface area contributed by atoms with Gasteiger partial charge in [0.1, 0.15) is 11.6 Å². The third kappa shape index (κ3) is 2.46. The maximum absolute atomic E-state index is 8.85. The highest BCUT2D eigenvalue weighted by Crippen LogP contribution is 2.35. The van der Waals surface area contributed by atoms with Gasteiger partial charge in [-0.2, -0.15) is 15.2 Å². The van der Waals surface area contributed by atoms with Crippen molar-refractivity contribution in [2.45, 2.75) is 12.3 Å². The Kier molecular flexibility index (Phi) is 3.43. The maximum atomic E-state index is 8.85. The highest BCUT2D eigenvalue weighted by molar-refractivity contribution is 5.60. The lowest BCUT2D eigenvalue weighted by Gasteiger charge is -2.19. The highest BCUT2D eigenvalue weighted by atomic mass is 15.2. The van der Waals surface area contributed by atoms with E-state index < -0.39 is 0 Å². The quantitative estimate of drug-likeness (QED) is 0.755. The smallest absolute Gasteiger partial charge is 0.223 e. The Balaban J connectivity index is 1.82. The first-order valence-electron chi connectivity index (χ1n) is 7.02. The molecule has 0 saturated carbocycles. The minimum absolute atomic E-state index is 0.0979. The number of hydrogen-bond donors (Lipinski definition) is 3. The van der Waals surface area contributed by atoms with Crippen LogP contribution in [0.5, 0.6) is 0 Å². The topological polar surface area (TPSA) is 131 Å². The molecule has 6 N–H and O–H groups in total. The van der Waals surface area contributed by atoms with Gasteiger partial charge in [0.2, 0.25) is 5.95 Å². The average Bonchev–Trinajstić information content (AvgIpc) is 2.96. The minimum Gasteiger partial charge on any atom is -0.383 e. The standard InChI is InChI=1S/C15H17N7/c16-7-9-1-3-11(4-2-9)22-6-5-10(8-22)12-13(17)20-15(19)21-14(12)18/h1-4,10H,5-6,8H2,(H6,17,18,19,20,21). The summed E-state index contributed by atoms with van der Waals surface area (Å²) >= 11 is 0. The molecule has 112 valence electrons. The van der Waals surface area contributed by atoms with Gasteiger partial charge in [0.05, 0.1) is 11.6 Å². The zero-order valence-electron chi connectivity index (χ0n) is 12.0. The average molecular weight is 295 g/mol. The molecule has 1 unspecified atom stereocenters. The van der Waals surface area contributed by atoms with E-state index in [0.717, 1.165) is 30.8 Å². The molecule has 1 atom stereocenters. The molecule has 1 aliphatic heterocycles. The van der Waals surface area contributed by atoms with E-state index in [1.807, 2.05) is 24.3 Å². The second-order valence-corrected chi connectivity index (χ2v) is 5.36. The molecule has 2 heterocycles. The Bertz CT molecular complexity index is 710. The van der Waals surface area contributed by atoms with Gasteiger partial charge in [0.25, 0.3) is 0 Å². The molecule has 0 spiro atoms. The number of aromatic nitrogens is 2. The molecule has 22 heavy (non-hydrogen) atoms. The van der Waals surface area contributed by atoms with Crippen molar-refractivity contribution >= 4 is 23.3 Å². The summed E-state index contributed by atoms with van der Waals surface area (Å²) in [7, 11) is 0. The van der Waals surface area contributed by atoms with Gasteiger partial charge in [-0.05, 0) is 30.7 Å². The van der Waals surface area contributed by atoms with Crippen LogP contribution in [0.15, 0.2) is 24.3 Å². The first-order chi connectivity index (χ1) is 10.6. The van der Waals surface area contributed by atoms with E-state index in [1.165, 1.54) is 0 Å². The molecule has 0 amide bonds. The third-order valence-corrected chi connectivity index (χ3v) is 3.98. The van der Waals surface area contributed by atoms with E-state index in [-0.39, 0.29) is 11.9 Å². The Labute approximate surface area is 128 Å². The van der Waals surface area contributed by atoms with Crippen molar-refractivity contribution < 1.29 is 0 Å². The Morgan fingerprint density at radius 3 is 2.32 bits per heavy atom. The molecule has 1 fully saturated rings. The van der Waals surface area contributed by atoms with Crippen LogP contribution >= 0.6 is 0 Å². The highest BCUT2D eigenvalue weighted by Gasteiger charge is 2.28. The summed E-state index contributed by atoms with van der Waals surface area (Å²) in [5.41, 5.74) is 20.0. The largest absolute Gasteiger partial charge is 0.383 e. The second kappa shape index (κ2) is 5.41. The lowest BCUT2D eigenvalue weighted by molar-refractivity contribution is 0.771. The molecular formula is C15H17N7. The molecule has 7 nitrogen and oxygen atoms in total. The number of nitriles is 1. The van der Waals surface area contributed by atoms with Crippen molar-refractivity contribution in [2.24, 2.45) is 0 Å². The van der Waals surface area contributed by atoms with Crippen molar-refractivity contribution in [3.63, 3.8) is 0 Å². The fourth-order valence-corrected chi connectivity index (χ4v) is 2.92. The van der Waals surface area contributed by atoms with Crippen LogP contribution in [0.2, 0.25) is 0 Å². The molecule has 0 radical (unpaired) electrons. The van der Waals surface area contributed by atoms with Gasteiger partial charge in [-0.15, -0.1) is 0 Å². The monoisotopic (exact) mass is 295 g/mol. The van der Waals surface area contributed by atoms with E-state index >= 15 is 0 Å². The Morgan fingerprint density at radius 2 is 1.73 bits per heavy atom. The van der Waals surface area contributed by atoms with Crippen LogP contribution < -0.4 is 22.1 Å². The second-order valence-electron chi connectivity index (χ2n) is 5.36. The summed E-state index contributed by atoms with van der Waals surface area (Å²) in [6.45, 7) is 1.67. The molecule has 3 rings (SSSR count). The first kappa shape index (κ1) is 13.9. The zero-order chi connectivity index (χ0) is 15.7. The summed E-state index contributed by atoms with van der Waals surface area (Å²) in [6, 6.07) is 9.66. The van der Waals surface area contributed by atoms with Gasteiger partial charge < -0.3 is 22.1 Å². The van der Waals surface area contributed by atoms with Crippen LogP contribution in [-0.4, -0.2) is 23.1 Å². The van der Waals surface area contributed by atoms with Crippen molar-refractivity contribution in [3.05, 3.63) is 35.4 Å². The molecule has 1 aliphatic rings. The molecule has 2 aromatic rings. The number of rotatable bonds is 2. The number of benzene rings is 1. The summed E-state index contributed by atoms with van der Waals surface area (Å²) in [5, 5.41) is 8.85. The fourth-order valence-electron chi connectivity index (χ4n) is 2.92. The number of nitrogens with zero attached hydrogens (tertiary/aromatic N) is 4. The first-order valence-corrected chi connectivity index (χ1v) is 7.02. The molecule has 1 aromatic carbocycles. The van der Waals surface area contributed by atoms with Crippen LogP contribution in [0, 0.1) is 11.3 Å². The molecule has 7 heteroatoms. The molecular weight excluding hydrogens is 278 g/mol. The van der Waals surface area contributed by atoms with Crippen molar-refractivity contribution in [1.29, 1.82) is 5.26 Å². The lowest BCUT2D eigenvalue weighted by Crippen LogP contribution is -2.20. The van der Waals surface area contributed by atoms with Gasteiger partial charge in [-0.1, -0.05) is 0 Å². The fraction of sp³-hybridized carbons (Fsp3) is 0.267. The summed E-state index contributed by atoms with van der Waals surface area (Å²) in [5.74, 6) is 0.991. The van der Waals surface area contributed by atoms with Gasteiger partial charge >= 0.3 is 0 Å². The zero-order valence-corrected chi connectivity index (χ0v) is 12.0. The molecule has 0 aliphatic carbocycles. The molecule has 1 aromatic heterocycles. The van der Waals surface area contributed by atoms with E-state index in [1.54, 1.807) is 0 Å². The predicted molar refractivity (Wildman–Crippen MR) is 86.0 cm³/mol. The Hall–Kier alpha value is -3.01. The lowest BCUT2D eigenvalue weighted by atomic mass is 9.99. The minimum atomic E-state index is 0.0979. The third-order valence-electron chi connectivity index (χ3n) is 3.98. The summed E-state index contributed by atoms with van der Waals surface area (Å²) < 4.78 is 0. The van der Waals surface area contributed by atoms with Gasteiger partial charge in [0.15, 0.2) is 0 Å². The van der Waals surface area contributed by atoms with E-state index in [0.29, 0.717) is 17.2 Å². The van der Waals surface area contributed by atoms with E-state index in [4.69, 9.17) is 22.5 Å². The van der Waals surface area contributed by atoms with Crippen LogP contribution in [-0.2, 0) is 0 Å². The number of nitrogens with two attached hydrogens (primary N) is 3. The number of anilines is 4. The van der Waals surface area contributed by atoms with Crippen LogP contribution in [0.25, 0.3) is 0 Å². The van der Waals surface area contributed by atoms with Crippen LogP contribution in [0.1, 0.15) is 23.5 Å². The normalized spacial score (nSPS) is 17.4. The predicted octanol–water partition coefficient (Wildman–Crippen LogP) is 1.09. The van der Waals surface area contributed by atoms with Crippen molar-refractivity contribution in [2.75, 3.05) is 35.2 Å². The van der Waals surface area contributed by atoms with Gasteiger partial charge in [-0.25, -0.2) is 0 Å².